The zero-order valence-electron chi connectivity index (χ0n) is 17.9. The van der Waals surface area contributed by atoms with Crippen LogP contribution in [0.2, 0.25) is 0 Å². The van der Waals surface area contributed by atoms with Gasteiger partial charge in [-0.25, -0.2) is 4.79 Å². The summed E-state index contributed by atoms with van der Waals surface area (Å²) >= 11 is 0. The van der Waals surface area contributed by atoms with Gasteiger partial charge in [0.25, 0.3) is 0 Å². The van der Waals surface area contributed by atoms with Crippen molar-refractivity contribution >= 4 is 34.3 Å². The highest BCUT2D eigenvalue weighted by molar-refractivity contribution is 6.39. The number of rotatable bonds is 6. The Balaban J connectivity index is 1.32. The second-order valence-corrected chi connectivity index (χ2v) is 7.73. The molecule has 1 aliphatic rings. The number of H-pyrrole nitrogens is 1. The minimum atomic E-state index is -0.712. The monoisotopic (exact) mass is 438 g/mol. The maximum atomic E-state index is 12.6. The molecule has 32 heavy (non-hydrogen) atoms. The molecule has 9 heteroatoms. The summed E-state index contributed by atoms with van der Waals surface area (Å²) < 4.78 is 10.1. The van der Waals surface area contributed by atoms with Crippen molar-refractivity contribution in [1.29, 1.82) is 0 Å². The van der Waals surface area contributed by atoms with Gasteiger partial charge in [0.05, 0.1) is 5.52 Å². The molecule has 4 rings (SSSR count). The summed E-state index contributed by atoms with van der Waals surface area (Å²) in [6, 6.07) is 13.1. The Labute approximate surface area is 184 Å². The fourth-order valence-corrected chi connectivity index (χ4v) is 3.85. The zero-order chi connectivity index (χ0) is 22.5. The van der Waals surface area contributed by atoms with Crippen LogP contribution in [0.25, 0.3) is 11.1 Å². The SMILES string of the molecule is COCCCc1cccc(N2CCN(C(=O)C(=O)Nc3ccc4[nH]c(=O)oc4c3)CC2)c1. The van der Waals surface area contributed by atoms with Gasteiger partial charge < -0.3 is 24.3 Å². The van der Waals surface area contributed by atoms with E-state index in [1.807, 2.05) is 6.07 Å². The predicted molar refractivity (Wildman–Crippen MR) is 121 cm³/mol. The first-order valence-corrected chi connectivity index (χ1v) is 10.6. The Morgan fingerprint density at radius 1 is 1.12 bits per heavy atom. The largest absolute Gasteiger partial charge is 0.417 e. The van der Waals surface area contributed by atoms with Gasteiger partial charge >= 0.3 is 17.6 Å². The molecule has 0 spiro atoms. The molecule has 1 saturated heterocycles. The number of carbonyl (C=O) groups excluding carboxylic acids is 2. The second-order valence-electron chi connectivity index (χ2n) is 7.73. The number of methoxy groups -OCH3 is 1. The number of fused-ring (bicyclic) bond motifs is 1. The van der Waals surface area contributed by atoms with Crippen LogP contribution in [0.5, 0.6) is 0 Å². The summed E-state index contributed by atoms with van der Waals surface area (Å²) in [5.74, 6) is -1.86. The fraction of sp³-hybridized carbons (Fsp3) is 0.348. The molecular formula is C23H26N4O5. The topological polar surface area (TPSA) is 108 Å². The van der Waals surface area contributed by atoms with Gasteiger partial charge in [-0.15, -0.1) is 0 Å². The van der Waals surface area contributed by atoms with E-state index >= 15 is 0 Å². The molecule has 2 N–H and O–H groups in total. The van der Waals surface area contributed by atoms with Gasteiger partial charge in [-0.05, 0) is 42.7 Å². The lowest BCUT2D eigenvalue weighted by molar-refractivity contribution is -0.143. The molecule has 168 valence electrons. The minimum Gasteiger partial charge on any atom is -0.408 e. The second kappa shape index (κ2) is 9.69. The Morgan fingerprint density at radius 2 is 1.94 bits per heavy atom. The Morgan fingerprint density at radius 3 is 2.72 bits per heavy atom. The molecule has 0 radical (unpaired) electrons. The van der Waals surface area contributed by atoms with Crippen molar-refractivity contribution in [3.63, 3.8) is 0 Å². The summed E-state index contributed by atoms with van der Waals surface area (Å²) in [6.45, 7) is 2.97. The number of hydrogen-bond donors (Lipinski definition) is 2. The predicted octanol–water partition coefficient (Wildman–Crippen LogP) is 1.99. The van der Waals surface area contributed by atoms with Gasteiger partial charge in [-0.1, -0.05) is 12.1 Å². The van der Waals surface area contributed by atoms with Crippen molar-refractivity contribution in [3.8, 4) is 0 Å². The lowest BCUT2D eigenvalue weighted by Gasteiger charge is -2.36. The molecule has 9 nitrogen and oxygen atoms in total. The first-order valence-electron chi connectivity index (χ1n) is 10.6. The molecule has 1 aromatic heterocycles. The average Bonchev–Trinajstić information content (AvgIpc) is 3.18. The number of anilines is 2. The van der Waals surface area contributed by atoms with Crippen LogP contribution in [0.1, 0.15) is 12.0 Å². The Hall–Kier alpha value is -3.59. The van der Waals surface area contributed by atoms with E-state index in [0.29, 0.717) is 43.0 Å². The molecule has 0 atom stereocenters. The van der Waals surface area contributed by atoms with E-state index < -0.39 is 17.6 Å². The number of ether oxygens (including phenoxy) is 1. The fourth-order valence-electron chi connectivity index (χ4n) is 3.85. The minimum absolute atomic E-state index is 0.318. The molecule has 3 aromatic rings. The van der Waals surface area contributed by atoms with E-state index in [9.17, 15) is 14.4 Å². The van der Waals surface area contributed by atoms with Gasteiger partial charge in [0, 0.05) is 57.3 Å². The Kier molecular flexibility index (Phi) is 6.55. The maximum Gasteiger partial charge on any atom is 0.417 e. The third-order valence-corrected chi connectivity index (χ3v) is 5.53. The van der Waals surface area contributed by atoms with Crippen molar-refractivity contribution in [3.05, 3.63) is 58.6 Å². The Bertz CT molecular complexity index is 1160. The molecule has 1 aliphatic heterocycles. The highest BCUT2D eigenvalue weighted by Gasteiger charge is 2.26. The van der Waals surface area contributed by atoms with Gasteiger partial charge in [-0.2, -0.15) is 0 Å². The summed E-state index contributed by atoms with van der Waals surface area (Å²) in [5, 5.41) is 2.59. The van der Waals surface area contributed by atoms with Crippen LogP contribution >= 0.6 is 0 Å². The van der Waals surface area contributed by atoms with Gasteiger partial charge in [0.1, 0.15) is 0 Å². The highest BCUT2D eigenvalue weighted by atomic mass is 16.5. The van der Waals surface area contributed by atoms with E-state index in [1.54, 1.807) is 24.1 Å². The molecule has 2 heterocycles. The number of piperazine rings is 1. The van der Waals surface area contributed by atoms with E-state index in [2.05, 4.69) is 33.4 Å². The van der Waals surface area contributed by atoms with E-state index in [4.69, 9.17) is 9.15 Å². The van der Waals surface area contributed by atoms with Crippen molar-refractivity contribution in [2.45, 2.75) is 12.8 Å². The lowest BCUT2D eigenvalue weighted by atomic mass is 10.1. The van der Waals surface area contributed by atoms with Crippen LogP contribution < -0.4 is 16.0 Å². The number of nitrogens with one attached hydrogen (secondary N) is 2. The van der Waals surface area contributed by atoms with Crippen molar-refractivity contribution in [2.24, 2.45) is 0 Å². The molecule has 2 amide bonds. The van der Waals surface area contributed by atoms with Gasteiger partial charge in [-0.3, -0.25) is 14.6 Å². The summed E-state index contributed by atoms with van der Waals surface area (Å²) in [6.07, 6.45) is 1.93. The van der Waals surface area contributed by atoms with Gasteiger partial charge in [0.2, 0.25) is 0 Å². The van der Waals surface area contributed by atoms with Crippen LogP contribution in [0.4, 0.5) is 11.4 Å². The highest BCUT2D eigenvalue weighted by Crippen LogP contribution is 2.20. The molecule has 0 saturated carbocycles. The first-order chi connectivity index (χ1) is 15.5. The number of aromatic nitrogens is 1. The number of amides is 2. The third kappa shape index (κ3) is 5.00. The number of oxazole rings is 1. The standard InChI is InChI=1S/C23H26N4O5/c1-31-13-3-5-16-4-2-6-18(14-16)26-9-11-27(12-10-26)22(29)21(28)24-17-7-8-19-20(15-17)32-23(30)25-19/h2,4,6-8,14-15H,3,5,9-13H2,1H3,(H,24,28)(H,25,30). The number of benzene rings is 2. The summed E-state index contributed by atoms with van der Waals surface area (Å²) in [7, 11) is 1.71. The first kappa shape index (κ1) is 21.6. The van der Waals surface area contributed by atoms with Crippen LogP contribution in [-0.2, 0) is 20.7 Å². The van der Waals surface area contributed by atoms with E-state index in [1.165, 1.54) is 11.6 Å². The molecule has 1 fully saturated rings. The molecule has 0 aliphatic carbocycles. The number of aromatic amines is 1. The smallest absolute Gasteiger partial charge is 0.408 e. The molecule has 2 aromatic carbocycles. The number of carbonyl (C=O) groups is 2. The lowest BCUT2D eigenvalue weighted by Crippen LogP contribution is -2.51. The van der Waals surface area contributed by atoms with Gasteiger partial charge in [0.15, 0.2) is 5.58 Å². The average molecular weight is 438 g/mol. The number of aryl methyl sites for hydroxylation is 1. The normalized spacial score (nSPS) is 14.0. The van der Waals surface area contributed by atoms with Crippen LogP contribution in [0.15, 0.2) is 51.7 Å². The quantitative estimate of drug-likeness (QED) is 0.450. The van der Waals surface area contributed by atoms with E-state index in [-0.39, 0.29) is 0 Å². The molecule has 0 unspecified atom stereocenters. The molecular weight excluding hydrogens is 412 g/mol. The zero-order valence-corrected chi connectivity index (χ0v) is 17.9. The van der Waals surface area contributed by atoms with Crippen molar-refractivity contribution in [2.75, 3.05) is 50.1 Å². The maximum absolute atomic E-state index is 12.6. The van der Waals surface area contributed by atoms with Crippen molar-refractivity contribution in [1.82, 2.24) is 9.88 Å². The van der Waals surface area contributed by atoms with Crippen LogP contribution in [-0.4, -0.2) is 61.6 Å². The molecule has 0 bridgehead atoms. The third-order valence-electron chi connectivity index (χ3n) is 5.53. The van der Waals surface area contributed by atoms with Crippen LogP contribution in [0.3, 0.4) is 0 Å². The summed E-state index contributed by atoms with van der Waals surface area (Å²) in [5.41, 5.74) is 3.62. The van der Waals surface area contributed by atoms with E-state index in [0.717, 1.165) is 25.1 Å². The number of hydrogen-bond acceptors (Lipinski definition) is 6. The summed E-state index contributed by atoms with van der Waals surface area (Å²) in [4.78, 5) is 42.6. The number of nitrogens with zero attached hydrogens (tertiary/aromatic N) is 2. The van der Waals surface area contributed by atoms with Crippen molar-refractivity contribution < 1.29 is 18.7 Å². The van der Waals surface area contributed by atoms with Crippen LogP contribution in [0, 0.1) is 0 Å².